The van der Waals surface area contributed by atoms with Crippen molar-refractivity contribution in [2.24, 2.45) is 0 Å². The number of nitrogens with zero attached hydrogens (tertiary/aromatic N) is 4. The fraction of sp³-hybridized carbons (Fsp3) is 0.533. The molecule has 0 amide bonds. The van der Waals surface area contributed by atoms with Gasteiger partial charge in [0.1, 0.15) is 17.9 Å². The minimum absolute atomic E-state index is 0.0619. The van der Waals surface area contributed by atoms with Crippen molar-refractivity contribution in [3.05, 3.63) is 11.6 Å². The molecule has 2 aromatic heterocycles. The Balaban J connectivity index is 2.42. The van der Waals surface area contributed by atoms with E-state index in [1.165, 1.54) is 0 Å². The summed E-state index contributed by atoms with van der Waals surface area (Å²) in [7, 11) is 0. The maximum Gasteiger partial charge on any atom is 0.307 e. The van der Waals surface area contributed by atoms with Crippen LogP contribution in [0.4, 0.5) is 5.82 Å². The zero-order chi connectivity index (χ0) is 17.7. The summed E-state index contributed by atoms with van der Waals surface area (Å²) < 4.78 is 11.8. The summed E-state index contributed by atoms with van der Waals surface area (Å²) in [6.45, 7) is 5.15. The summed E-state index contributed by atoms with van der Waals surface area (Å²) in [6, 6.07) is 0. The molecule has 0 unspecified atom stereocenters. The van der Waals surface area contributed by atoms with Gasteiger partial charge in [0.2, 0.25) is 0 Å². The fourth-order valence-electron chi connectivity index (χ4n) is 2.05. The van der Waals surface area contributed by atoms with Gasteiger partial charge in [-0.3, -0.25) is 14.2 Å². The van der Waals surface area contributed by atoms with E-state index < -0.39 is 0 Å². The highest BCUT2D eigenvalue weighted by Gasteiger charge is 2.18. The first-order valence-corrected chi connectivity index (χ1v) is 7.82. The van der Waals surface area contributed by atoms with Crippen molar-refractivity contribution in [2.75, 3.05) is 5.73 Å². The molecule has 0 aliphatic carbocycles. The van der Waals surface area contributed by atoms with E-state index in [1.807, 2.05) is 6.92 Å². The predicted octanol–water partition coefficient (Wildman–Crippen LogP) is 1.33. The third kappa shape index (κ3) is 3.79. The summed E-state index contributed by atoms with van der Waals surface area (Å²) in [6.07, 6.45) is 1.11. The summed E-state index contributed by atoms with van der Waals surface area (Å²) >= 11 is 0. The van der Waals surface area contributed by atoms with Crippen LogP contribution in [-0.4, -0.2) is 31.5 Å². The molecule has 2 aromatic rings. The number of aromatic nitrogens is 4. The van der Waals surface area contributed by atoms with Crippen LogP contribution in [0.25, 0.3) is 11.2 Å². The Hall–Kier alpha value is -2.71. The SMILES string of the molecule is CCC(=O)OCc1nc2nc(CC)nc(N)c2n1COC(=O)CC. The van der Waals surface area contributed by atoms with E-state index in [9.17, 15) is 9.59 Å². The van der Waals surface area contributed by atoms with E-state index in [4.69, 9.17) is 15.2 Å². The Morgan fingerprint density at radius 3 is 2.33 bits per heavy atom. The quantitative estimate of drug-likeness (QED) is 0.752. The topological polar surface area (TPSA) is 122 Å². The number of rotatable bonds is 7. The Morgan fingerprint density at radius 1 is 1.04 bits per heavy atom. The molecule has 0 saturated heterocycles. The van der Waals surface area contributed by atoms with Crippen LogP contribution in [0.15, 0.2) is 0 Å². The van der Waals surface area contributed by atoms with Gasteiger partial charge in [-0.15, -0.1) is 0 Å². The van der Waals surface area contributed by atoms with Gasteiger partial charge < -0.3 is 15.2 Å². The number of carbonyl (C=O) groups excluding carboxylic acids is 2. The second kappa shape index (κ2) is 7.71. The van der Waals surface area contributed by atoms with Crippen LogP contribution in [0.2, 0.25) is 0 Å². The lowest BCUT2D eigenvalue weighted by Crippen LogP contribution is -2.14. The van der Waals surface area contributed by atoms with Crippen LogP contribution < -0.4 is 5.73 Å². The van der Waals surface area contributed by atoms with Crippen molar-refractivity contribution in [1.82, 2.24) is 19.5 Å². The lowest BCUT2D eigenvalue weighted by molar-refractivity contribution is -0.148. The molecule has 0 aliphatic heterocycles. The monoisotopic (exact) mass is 335 g/mol. The van der Waals surface area contributed by atoms with E-state index in [0.717, 1.165) is 0 Å². The maximum atomic E-state index is 11.4. The zero-order valence-electron chi connectivity index (χ0n) is 14.0. The van der Waals surface area contributed by atoms with Gasteiger partial charge in [0, 0.05) is 19.3 Å². The number of ether oxygens (including phenoxy) is 2. The number of carbonyl (C=O) groups is 2. The Morgan fingerprint density at radius 2 is 1.71 bits per heavy atom. The first-order chi connectivity index (χ1) is 11.5. The van der Waals surface area contributed by atoms with Crippen LogP contribution in [0.1, 0.15) is 45.3 Å². The minimum Gasteiger partial charge on any atom is -0.458 e. The van der Waals surface area contributed by atoms with Crippen LogP contribution in [0.5, 0.6) is 0 Å². The number of nitrogen functional groups attached to an aromatic ring is 1. The largest absolute Gasteiger partial charge is 0.458 e. The van der Waals surface area contributed by atoms with Gasteiger partial charge in [-0.25, -0.2) is 15.0 Å². The lowest BCUT2D eigenvalue weighted by Gasteiger charge is -2.10. The highest BCUT2D eigenvalue weighted by molar-refractivity contribution is 5.82. The van der Waals surface area contributed by atoms with Gasteiger partial charge in [0.25, 0.3) is 0 Å². The predicted molar refractivity (Wildman–Crippen MR) is 85.6 cm³/mol. The molecule has 2 rings (SSSR count). The Labute approximate surface area is 139 Å². The van der Waals surface area contributed by atoms with Gasteiger partial charge >= 0.3 is 11.9 Å². The van der Waals surface area contributed by atoms with E-state index in [0.29, 0.717) is 29.2 Å². The van der Waals surface area contributed by atoms with Gasteiger partial charge in [-0.1, -0.05) is 20.8 Å². The fourth-order valence-corrected chi connectivity index (χ4v) is 2.05. The van der Waals surface area contributed by atoms with E-state index in [1.54, 1.807) is 18.4 Å². The summed E-state index contributed by atoms with van der Waals surface area (Å²) in [5, 5.41) is 0. The van der Waals surface area contributed by atoms with Crippen LogP contribution in [-0.2, 0) is 38.8 Å². The minimum atomic E-state index is -0.363. The number of fused-ring (bicyclic) bond motifs is 1. The third-order valence-corrected chi connectivity index (χ3v) is 3.37. The van der Waals surface area contributed by atoms with Crippen molar-refractivity contribution in [2.45, 2.75) is 53.4 Å². The molecule has 24 heavy (non-hydrogen) atoms. The summed E-state index contributed by atoms with van der Waals surface area (Å²) in [5.41, 5.74) is 6.85. The summed E-state index contributed by atoms with van der Waals surface area (Å²) in [4.78, 5) is 35.7. The number of imidazole rings is 1. The van der Waals surface area contributed by atoms with Crippen LogP contribution in [0, 0.1) is 0 Å². The van der Waals surface area contributed by atoms with Crippen molar-refractivity contribution in [3.8, 4) is 0 Å². The molecule has 2 N–H and O–H groups in total. The van der Waals surface area contributed by atoms with E-state index in [2.05, 4.69) is 15.0 Å². The lowest BCUT2D eigenvalue weighted by atomic mass is 10.4. The van der Waals surface area contributed by atoms with Crippen molar-refractivity contribution in [1.29, 1.82) is 0 Å². The molecular formula is C15H21N5O4. The van der Waals surface area contributed by atoms with Crippen molar-refractivity contribution >= 4 is 28.9 Å². The van der Waals surface area contributed by atoms with Gasteiger partial charge in [-0.05, 0) is 0 Å². The highest BCUT2D eigenvalue weighted by Crippen LogP contribution is 2.21. The number of esters is 2. The van der Waals surface area contributed by atoms with E-state index in [-0.39, 0.29) is 43.9 Å². The molecule has 130 valence electrons. The molecule has 0 fully saturated rings. The molecule has 0 spiro atoms. The van der Waals surface area contributed by atoms with Gasteiger partial charge in [0.15, 0.2) is 24.0 Å². The number of anilines is 1. The number of aryl methyl sites for hydroxylation is 1. The Bertz CT molecular complexity index is 756. The average molecular weight is 335 g/mol. The molecule has 0 bridgehead atoms. The third-order valence-electron chi connectivity index (χ3n) is 3.37. The second-order valence-electron chi connectivity index (χ2n) is 5.02. The number of hydrogen-bond acceptors (Lipinski definition) is 8. The van der Waals surface area contributed by atoms with Crippen molar-refractivity contribution in [3.63, 3.8) is 0 Å². The first-order valence-electron chi connectivity index (χ1n) is 7.82. The van der Waals surface area contributed by atoms with Crippen LogP contribution in [0.3, 0.4) is 0 Å². The second-order valence-corrected chi connectivity index (χ2v) is 5.02. The normalized spacial score (nSPS) is 10.8. The van der Waals surface area contributed by atoms with Gasteiger partial charge in [0.05, 0.1) is 0 Å². The molecule has 9 nitrogen and oxygen atoms in total. The molecule has 0 radical (unpaired) electrons. The molecule has 2 heterocycles. The van der Waals surface area contributed by atoms with Gasteiger partial charge in [-0.2, -0.15) is 0 Å². The van der Waals surface area contributed by atoms with Crippen LogP contribution >= 0.6 is 0 Å². The first kappa shape index (κ1) is 17.6. The maximum absolute atomic E-state index is 11.4. The Kier molecular flexibility index (Phi) is 5.67. The molecule has 9 heteroatoms. The molecule has 0 aliphatic rings. The average Bonchev–Trinajstić information content (AvgIpc) is 2.95. The van der Waals surface area contributed by atoms with E-state index >= 15 is 0 Å². The standard InChI is InChI=1S/C15H21N5O4/c1-4-9-17-14(16)13-15(18-9)19-10(7-23-11(21)5-2)20(13)8-24-12(22)6-3/h4-8H2,1-3H3,(H2,16,17,18). The molecule has 0 aromatic carbocycles. The molecule has 0 saturated carbocycles. The smallest absolute Gasteiger partial charge is 0.307 e. The molecular weight excluding hydrogens is 314 g/mol. The summed E-state index contributed by atoms with van der Waals surface area (Å²) in [5.74, 6) is 0.479. The van der Waals surface area contributed by atoms with Crippen molar-refractivity contribution < 1.29 is 19.1 Å². The zero-order valence-corrected chi connectivity index (χ0v) is 14.0. The number of nitrogens with two attached hydrogens (primary N) is 1. The highest BCUT2D eigenvalue weighted by atomic mass is 16.5. The number of hydrogen-bond donors (Lipinski definition) is 1. The molecule has 0 atom stereocenters.